The third-order valence-corrected chi connectivity index (χ3v) is 14.9. The van der Waals surface area contributed by atoms with Gasteiger partial charge in [0, 0.05) is 64.0 Å². The van der Waals surface area contributed by atoms with Crippen LogP contribution in [0.5, 0.6) is 23.0 Å². The van der Waals surface area contributed by atoms with E-state index in [-0.39, 0.29) is 0 Å². The van der Waals surface area contributed by atoms with Crippen LogP contribution < -0.4 is 18.9 Å². The van der Waals surface area contributed by atoms with Gasteiger partial charge in [-0.15, -0.1) is 0 Å². The van der Waals surface area contributed by atoms with Crippen LogP contribution in [0.1, 0.15) is 107 Å². The summed E-state index contributed by atoms with van der Waals surface area (Å²) in [6, 6.07) is 42.5. The van der Waals surface area contributed by atoms with Crippen molar-refractivity contribution < 1.29 is 18.9 Å². The zero-order valence-corrected chi connectivity index (χ0v) is 49.2. The summed E-state index contributed by atoms with van der Waals surface area (Å²) in [6.07, 6.45) is 22.9. The number of aromatic nitrogens is 4. The molecule has 0 atom stereocenters. The Morgan fingerprint density at radius 1 is 0.309 bits per heavy atom. The first kappa shape index (κ1) is 58.2. The van der Waals surface area contributed by atoms with Gasteiger partial charge in [0.2, 0.25) is 0 Å². The summed E-state index contributed by atoms with van der Waals surface area (Å²) in [5.41, 5.74) is 15.1. The first-order chi connectivity index (χ1) is 39.6. The number of rotatable bonds is 30. The summed E-state index contributed by atoms with van der Waals surface area (Å²) in [5, 5.41) is 0. The van der Waals surface area contributed by atoms with Crippen LogP contribution in [0.25, 0.3) is 90.9 Å². The molecule has 4 aromatic carbocycles. The third-order valence-electron chi connectivity index (χ3n) is 14.9. The fourth-order valence-corrected chi connectivity index (χ4v) is 10.6. The molecule has 0 saturated carbocycles. The average molecular weight is 1090 g/mol. The maximum atomic E-state index is 6.35. The van der Waals surface area contributed by atoms with E-state index < -0.39 is 0 Å². The minimum atomic E-state index is 0.643. The van der Waals surface area contributed by atoms with Crippen molar-refractivity contribution in [1.29, 1.82) is 0 Å². The number of fused-ring (bicyclic) bond motifs is 8. The summed E-state index contributed by atoms with van der Waals surface area (Å²) in [4.78, 5) is 25.5. The highest BCUT2D eigenvalue weighted by Crippen LogP contribution is 2.40. The van der Waals surface area contributed by atoms with E-state index >= 15 is 0 Å². The van der Waals surface area contributed by atoms with Crippen molar-refractivity contribution >= 4 is 46.4 Å². The lowest BCUT2D eigenvalue weighted by molar-refractivity contribution is 0.281. The number of nitrogens with zero attached hydrogens (tertiary/aromatic N) is 5. The minimum absolute atomic E-state index is 0.643. The number of unbranched alkanes of at least 4 members (excludes halogenated alkanes) is 8. The zero-order valence-electron chi connectivity index (χ0n) is 49.2. The lowest BCUT2D eigenvalue weighted by Gasteiger charge is -2.11. The molecular formula is C70H85N7O4. The van der Waals surface area contributed by atoms with E-state index in [1.165, 1.54) is 51.4 Å². The molecule has 11 nitrogen and oxygen atoms in total. The molecule has 424 valence electrons. The summed E-state index contributed by atoms with van der Waals surface area (Å²) < 4.78 is 25.1. The second-order valence-corrected chi connectivity index (χ2v) is 22.3. The molecule has 2 aliphatic heterocycles. The molecule has 0 aliphatic carbocycles. The third kappa shape index (κ3) is 16.2. The molecule has 0 fully saturated rings. The molecule has 2 aliphatic rings. The largest absolute Gasteiger partial charge is 0.494 e. The predicted molar refractivity (Wildman–Crippen MR) is 339 cm³/mol. The number of ether oxygens (including phenoxy) is 4. The number of benzene rings is 4. The van der Waals surface area contributed by atoms with Crippen LogP contribution in [0.3, 0.4) is 0 Å². The van der Waals surface area contributed by atoms with Gasteiger partial charge in [-0.05, 0) is 187 Å². The van der Waals surface area contributed by atoms with Gasteiger partial charge >= 0.3 is 0 Å². The van der Waals surface area contributed by atoms with Gasteiger partial charge in [0.05, 0.1) is 49.2 Å². The molecule has 81 heavy (non-hydrogen) atoms. The first-order valence-electron chi connectivity index (χ1n) is 29.6. The normalized spacial score (nSPS) is 12.1. The molecule has 0 amide bonds. The molecule has 5 heterocycles. The number of hydrogen-bond acceptors (Lipinski definition) is 9. The van der Waals surface area contributed by atoms with Gasteiger partial charge < -0.3 is 43.6 Å². The maximum Gasteiger partial charge on any atom is 0.119 e. The Bertz CT molecular complexity index is 3280. The average Bonchev–Trinajstić information content (AvgIpc) is 4.50. The molecule has 7 aromatic rings. The highest BCUT2D eigenvalue weighted by Gasteiger charge is 2.20. The molecule has 0 spiro atoms. The van der Waals surface area contributed by atoms with Gasteiger partial charge in [-0.25, -0.2) is 9.97 Å². The van der Waals surface area contributed by atoms with Crippen molar-refractivity contribution in [3.05, 3.63) is 144 Å². The van der Waals surface area contributed by atoms with Crippen LogP contribution >= 0.6 is 0 Å². The van der Waals surface area contributed by atoms with Crippen molar-refractivity contribution in [1.82, 2.24) is 34.6 Å². The Morgan fingerprint density at radius 2 is 0.556 bits per heavy atom. The number of hydrogen-bond donors (Lipinski definition) is 2. The van der Waals surface area contributed by atoms with Gasteiger partial charge in [-0.1, -0.05) is 107 Å². The Morgan fingerprint density at radius 3 is 0.815 bits per heavy atom. The second kappa shape index (κ2) is 29.3. The van der Waals surface area contributed by atoms with Gasteiger partial charge in [-0.2, -0.15) is 0 Å². The van der Waals surface area contributed by atoms with E-state index in [0.29, 0.717) is 26.4 Å². The van der Waals surface area contributed by atoms with Crippen LogP contribution in [-0.2, 0) is 0 Å². The lowest BCUT2D eigenvalue weighted by atomic mass is 10.0. The van der Waals surface area contributed by atoms with Gasteiger partial charge in [0.15, 0.2) is 0 Å². The summed E-state index contributed by atoms with van der Waals surface area (Å²) in [7, 11) is 12.5. The van der Waals surface area contributed by atoms with Gasteiger partial charge in [0.25, 0.3) is 0 Å². The summed E-state index contributed by atoms with van der Waals surface area (Å²) in [6.45, 7) is 7.81. The Balaban J connectivity index is 1.18. The Labute approximate surface area is 481 Å². The highest BCUT2D eigenvalue weighted by atomic mass is 16.5. The van der Waals surface area contributed by atoms with E-state index in [4.69, 9.17) is 28.9 Å². The maximum absolute atomic E-state index is 6.35. The van der Waals surface area contributed by atoms with E-state index in [1.807, 2.05) is 0 Å². The van der Waals surface area contributed by atoms with E-state index in [1.54, 1.807) is 0 Å². The molecule has 11 heteroatoms. The lowest BCUT2D eigenvalue weighted by Crippen LogP contribution is -2.15. The van der Waals surface area contributed by atoms with Crippen molar-refractivity contribution in [2.45, 2.75) is 84.0 Å². The zero-order chi connectivity index (χ0) is 56.3. The van der Waals surface area contributed by atoms with Crippen LogP contribution in [0.4, 0.5) is 0 Å². The smallest absolute Gasteiger partial charge is 0.119 e. The molecule has 3 aromatic heterocycles. The number of H-pyrrole nitrogens is 2. The summed E-state index contributed by atoms with van der Waals surface area (Å²) >= 11 is 0. The molecular weight excluding hydrogens is 1000 g/mol. The first-order valence-corrected chi connectivity index (χ1v) is 29.6. The molecule has 9 rings (SSSR count). The monoisotopic (exact) mass is 1090 g/mol. The molecule has 0 unspecified atom stereocenters. The van der Waals surface area contributed by atoms with E-state index in [9.17, 15) is 0 Å². The predicted octanol–water partition coefficient (Wildman–Crippen LogP) is 16.2. The summed E-state index contributed by atoms with van der Waals surface area (Å²) in [5.74, 6) is 3.38. The van der Waals surface area contributed by atoms with E-state index in [0.717, 1.165) is 158 Å². The van der Waals surface area contributed by atoms with Gasteiger partial charge in [0.1, 0.15) is 23.0 Å². The molecule has 2 N–H and O–H groups in total. The minimum Gasteiger partial charge on any atom is -0.494 e. The van der Waals surface area contributed by atoms with E-state index in [2.05, 4.69) is 220 Å². The molecule has 0 radical (unpaired) electrons. The van der Waals surface area contributed by atoms with Crippen molar-refractivity contribution in [2.75, 3.05) is 88.3 Å². The Hall–Kier alpha value is -7.44. The quantitative estimate of drug-likeness (QED) is 0.0426. The second-order valence-electron chi connectivity index (χ2n) is 22.3. The topological polar surface area (TPSA) is 104 Å². The molecule has 8 bridgehead atoms. The van der Waals surface area contributed by atoms with Crippen molar-refractivity contribution in [2.24, 2.45) is 0 Å². The van der Waals surface area contributed by atoms with Gasteiger partial charge in [-0.3, -0.25) is 0 Å². The number of aromatic amines is 2. The van der Waals surface area contributed by atoms with Crippen LogP contribution in [0, 0.1) is 0 Å². The number of nitrogens with one attached hydrogen (secondary N) is 2. The van der Waals surface area contributed by atoms with Crippen molar-refractivity contribution in [3.8, 4) is 67.5 Å². The van der Waals surface area contributed by atoms with Crippen molar-refractivity contribution in [3.63, 3.8) is 0 Å². The highest BCUT2D eigenvalue weighted by molar-refractivity contribution is 6.00. The van der Waals surface area contributed by atoms with Crippen LogP contribution in [-0.4, -0.2) is 123 Å². The Kier molecular flexibility index (Phi) is 21.1. The van der Waals surface area contributed by atoms with Crippen LogP contribution in [0.2, 0.25) is 0 Å². The fraction of sp³-hybridized carbons (Fsp3) is 0.371. The SMILES string of the molecule is CCCCCCCCCCCOc1ccc(-c2c3nc(c(-c4ccc(OCCCN(C)C)cc4)c4ccc([nH]4)c(-c4ccc(OCCCN(C)C)cc4)c4nc(c(-c5ccc(OCCCN(C)C)cc5)c5ccc2[nH]5)C=C4)C=C3)cc1. The molecule has 0 saturated heterocycles. The standard InChI is InChI=1S/C70H85N7O4/c1-8-9-10-11-12-13-14-15-16-47-78-55-28-20-51(21-29-55)67-59-36-38-61(71-59)68(52-22-30-56(31-23-52)79-48-17-44-75(2)3)63-40-42-65(73-63)70(54-26-34-58(35-27-54)81-50-19-46-77(6)7)66-43-41-64(74-66)69(62-39-37-60(67)72-62)53-24-32-57(33-25-53)80-49-18-45-76(4)5/h20-43,71,74H,8-19,44-50H2,1-7H3. The fourth-order valence-electron chi connectivity index (χ4n) is 10.6. The van der Waals surface area contributed by atoms with Crippen LogP contribution in [0.15, 0.2) is 121 Å².